The summed E-state index contributed by atoms with van der Waals surface area (Å²) in [7, 11) is 3.35. The molecule has 3 nitrogen and oxygen atoms in total. The highest BCUT2D eigenvalue weighted by Gasteiger charge is 2.10. The minimum Gasteiger partial charge on any atom is -0.496 e. The van der Waals surface area contributed by atoms with Crippen LogP contribution in [0, 0.1) is 0 Å². The van der Waals surface area contributed by atoms with Crippen molar-refractivity contribution in [1.82, 2.24) is 0 Å². The summed E-state index contributed by atoms with van der Waals surface area (Å²) in [5.41, 5.74) is 7.83. The molecular weight excluding hydrogens is 258 g/mol. The van der Waals surface area contributed by atoms with Gasteiger partial charge in [-0.15, -0.1) is 0 Å². The summed E-state index contributed by atoms with van der Waals surface area (Å²) in [6.07, 6.45) is 0.801. The molecule has 0 heterocycles. The summed E-state index contributed by atoms with van der Waals surface area (Å²) >= 11 is 3.44. The van der Waals surface area contributed by atoms with Crippen molar-refractivity contribution in [1.29, 1.82) is 0 Å². The number of hydrogen-bond acceptors (Lipinski definition) is 3. The zero-order valence-electron chi connectivity index (χ0n) is 9.05. The van der Waals surface area contributed by atoms with E-state index in [1.54, 1.807) is 14.2 Å². The Morgan fingerprint density at radius 2 is 2.07 bits per heavy atom. The first-order valence-electron chi connectivity index (χ1n) is 4.77. The van der Waals surface area contributed by atoms with Crippen molar-refractivity contribution in [2.45, 2.75) is 13.0 Å². The normalized spacial score (nSPS) is 10.4. The molecule has 0 atom stereocenters. The lowest BCUT2D eigenvalue weighted by Crippen LogP contribution is -2.08. The van der Waals surface area contributed by atoms with Gasteiger partial charge in [0.05, 0.1) is 13.7 Å². The molecule has 4 heteroatoms. The van der Waals surface area contributed by atoms with E-state index in [-0.39, 0.29) is 0 Å². The molecule has 0 bridgehead atoms. The van der Waals surface area contributed by atoms with E-state index < -0.39 is 0 Å². The van der Waals surface area contributed by atoms with Crippen molar-refractivity contribution in [3.63, 3.8) is 0 Å². The molecule has 0 aliphatic carbocycles. The lowest BCUT2D eigenvalue weighted by molar-refractivity contribution is 0.183. The minimum absolute atomic E-state index is 0.575. The fourth-order valence-corrected chi connectivity index (χ4v) is 2.04. The van der Waals surface area contributed by atoms with Gasteiger partial charge in [-0.2, -0.15) is 0 Å². The summed E-state index contributed by atoms with van der Waals surface area (Å²) in [6, 6.07) is 3.99. The molecular formula is C11H16BrNO2. The van der Waals surface area contributed by atoms with Gasteiger partial charge in [0.1, 0.15) is 5.75 Å². The number of rotatable bonds is 5. The van der Waals surface area contributed by atoms with Crippen molar-refractivity contribution in [2.75, 3.05) is 20.8 Å². The molecule has 0 aliphatic rings. The molecule has 0 saturated carbocycles. The Balaban J connectivity index is 3.14. The highest BCUT2D eigenvalue weighted by molar-refractivity contribution is 9.10. The number of hydrogen-bond donors (Lipinski definition) is 1. The predicted octanol–water partition coefficient (Wildman–Crippen LogP) is 2.11. The summed E-state index contributed by atoms with van der Waals surface area (Å²) in [6.45, 7) is 1.18. The Hall–Kier alpha value is -0.580. The zero-order valence-corrected chi connectivity index (χ0v) is 10.6. The van der Waals surface area contributed by atoms with Gasteiger partial charge in [-0.3, -0.25) is 0 Å². The molecule has 1 aromatic carbocycles. The van der Waals surface area contributed by atoms with Crippen LogP contribution in [-0.2, 0) is 17.8 Å². The Kier molecular flexibility index (Phi) is 5.08. The van der Waals surface area contributed by atoms with Crippen molar-refractivity contribution >= 4 is 15.9 Å². The maximum atomic E-state index is 5.58. The standard InChI is InChI=1S/C11H16BrNO2/c1-14-7-8-5-9(12)6-11(15-2)10(8)3-4-13/h5-6H,3-4,7,13H2,1-2H3. The van der Waals surface area contributed by atoms with Crippen LogP contribution in [0.4, 0.5) is 0 Å². The molecule has 0 radical (unpaired) electrons. The van der Waals surface area contributed by atoms with Gasteiger partial charge in [0, 0.05) is 17.1 Å². The highest BCUT2D eigenvalue weighted by Crippen LogP contribution is 2.28. The van der Waals surface area contributed by atoms with E-state index in [1.165, 1.54) is 0 Å². The quantitative estimate of drug-likeness (QED) is 0.894. The summed E-state index contributed by atoms with van der Waals surface area (Å²) in [5.74, 6) is 0.863. The SMILES string of the molecule is COCc1cc(Br)cc(OC)c1CCN. The van der Waals surface area contributed by atoms with Crippen molar-refractivity contribution in [2.24, 2.45) is 5.73 Å². The van der Waals surface area contributed by atoms with E-state index in [1.807, 2.05) is 12.1 Å². The van der Waals surface area contributed by atoms with Crippen LogP contribution < -0.4 is 10.5 Å². The molecule has 0 fully saturated rings. The number of methoxy groups -OCH3 is 2. The molecule has 0 aromatic heterocycles. The van der Waals surface area contributed by atoms with Crippen LogP contribution in [0.15, 0.2) is 16.6 Å². The van der Waals surface area contributed by atoms with Crippen LogP contribution in [-0.4, -0.2) is 20.8 Å². The van der Waals surface area contributed by atoms with Gasteiger partial charge in [-0.1, -0.05) is 15.9 Å². The minimum atomic E-state index is 0.575. The van der Waals surface area contributed by atoms with Crippen LogP contribution in [0.3, 0.4) is 0 Å². The Morgan fingerprint density at radius 3 is 2.60 bits per heavy atom. The van der Waals surface area contributed by atoms with Crippen molar-refractivity contribution in [3.05, 3.63) is 27.7 Å². The Bertz CT molecular complexity index is 329. The lowest BCUT2D eigenvalue weighted by Gasteiger charge is -2.13. The van der Waals surface area contributed by atoms with Gasteiger partial charge < -0.3 is 15.2 Å². The summed E-state index contributed by atoms with van der Waals surface area (Å²) in [4.78, 5) is 0. The summed E-state index contributed by atoms with van der Waals surface area (Å²) < 4.78 is 11.5. The molecule has 84 valence electrons. The smallest absolute Gasteiger partial charge is 0.123 e. The zero-order chi connectivity index (χ0) is 11.3. The van der Waals surface area contributed by atoms with Crippen LogP contribution in [0.25, 0.3) is 0 Å². The lowest BCUT2D eigenvalue weighted by atomic mass is 10.0. The third-order valence-corrected chi connectivity index (χ3v) is 2.64. The molecule has 1 aromatic rings. The molecule has 2 N–H and O–H groups in total. The monoisotopic (exact) mass is 273 g/mol. The molecule has 15 heavy (non-hydrogen) atoms. The van der Waals surface area contributed by atoms with Gasteiger partial charge in [0.15, 0.2) is 0 Å². The van der Waals surface area contributed by atoms with E-state index in [2.05, 4.69) is 15.9 Å². The maximum Gasteiger partial charge on any atom is 0.123 e. The van der Waals surface area contributed by atoms with E-state index in [9.17, 15) is 0 Å². The second-order valence-electron chi connectivity index (χ2n) is 3.22. The van der Waals surface area contributed by atoms with Gasteiger partial charge in [-0.05, 0) is 30.7 Å². The van der Waals surface area contributed by atoms with Crippen LogP contribution in [0.5, 0.6) is 5.75 Å². The molecule has 0 aliphatic heterocycles. The van der Waals surface area contributed by atoms with Crippen molar-refractivity contribution < 1.29 is 9.47 Å². The maximum absolute atomic E-state index is 5.58. The van der Waals surface area contributed by atoms with Crippen molar-refractivity contribution in [3.8, 4) is 5.75 Å². The first kappa shape index (κ1) is 12.5. The van der Waals surface area contributed by atoms with Crippen LogP contribution in [0.2, 0.25) is 0 Å². The van der Waals surface area contributed by atoms with Crippen LogP contribution >= 0.6 is 15.9 Å². The Labute approximate surface area is 98.7 Å². The highest BCUT2D eigenvalue weighted by atomic mass is 79.9. The average molecular weight is 274 g/mol. The topological polar surface area (TPSA) is 44.5 Å². The third kappa shape index (κ3) is 3.19. The van der Waals surface area contributed by atoms with Gasteiger partial charge in [0.2, 0.25) is 0 Å². The second kappa shape index (κ2) is 6.10. The fraction of sp³-hybridized carbons (Fsp3) is 0.455. The largest absolute Gasteiger partial charge is 0.496 e. The number of nitrogens with two attached hydrogens (primary N) is 1. The third-order valence-electron chi connectivity index (χ3n) is 2.18. The fourth-order valence-electron chi connectivity index (χ4n) is 1.56. The Morgan fingerprint density at radius 1 is 1.33 bits per heavy atom. The second-order valence-corrected chi connectivity index (χ2v) is 4.13. The number of halogens is 1. The van der Waals surface area contributed by atoms with Gasteiger partial charge in [0.25, 0.3) is 0 Å². The first-order chi connectivity index (χ1) is 7.22. The van der Waals surface area contributed by atoms with E-state index >= 15 is 0 Å². The molecule has 0 unspecified atom stereocenters. The molecule has 0 spiro atoms. The van der Waals surface area contributed by atoms with E-state index in [0.29, 0.717) is 13.2 Å². The molecule has 0 amide bonds. The molecule has 1 rings (SSSR count). The first-order valence-corrected chi connectivity index (χ1v) is 5.56. The van der Waals surface area contributed by atoms with E-state index in [4.69, 9.17) is 15.2 Å². The van der Waals surface area contributed by atoms with Crippen LogP contribution in [0.1, 0.15) is 11.1 Å². The predicted molar refractivity (Wildman–Crippen MR) is 64.2 cm³/mol. The van der Waals surface area contributed by atoms with Gasteiger partial charge in [-0.25, -0.2) is 0 Å². The summed E-state index contributed by atoms with van der Waals surface area (Å²) in [5, 5.41) is 0. The number of benzene rings is 1. The average Bonchev–Trinajstić information content (AvgIpc) is 2.22. The van der Waals surface area contributed by atoms with Gasteiger partial charge >= 0.3 is 0 Å². The number of ether oxygens (including phenoxy) is 2. The van der Waals surface area contributed by atoms with E-state index in [0.717, 1.165) is 27.8 Å². The molecule has 0 saturated heterocycles.